The number of nitrogens with one attached hydrogen (secondary N) is 2. The molecule has 2 N–H and O–H groups in total. The minimum atomic E-state index is -1.23. The van der Waals surface area contributed by atoms with Gasteiger partial charge in [0.1, 0.15) is 5.54 Å². The van der Waals surface area contributed by atoms with Gasteiger partial charge in [0.05, 0.1) is 11.8 Å². The van der Waals surface area contributed by atoms with Gasteiger partial charge in [-0.05, 0) is 49.5 Å². The molecule has 4 aliphatic rings. The maximum atomic E-state index is 13.7. The summed E-state index contributed by atoms with van der Waals surface area (Å²) < 4.78 is 0. The van der Waals surface area contributed by atoms with E-state index in [9.17, 15) is 14.4 Å². The third-order valence-corrected chi connectivity index (χ3v) is 7.91. The van der Waals surface area contributed by atoms with Crippen LogP contribution in [0.5, 0.6) is 0 Å². The Kier molecular flexibility index (Phi) is 4.68. The fourth-order valence-electron chi connectivity index (χ4n) is 5.81. The fourth-order valence-corrected chi connectivity index (χ4v) is 6.47. The van der Waals surface area contributed by atoms with E-state index in [0.29, 0.717) is 16.3 Å². The Morgan fingerprint density at radius 1 is 1.21 bits per heavy atom. The van der Waals surface area contributed by atoms with E-state index < -0.39 is 17.4 Å². The Bertz CT molecular complexity index is 903. The minimum absolute atomic E-state index is 0.0258. The molecule has 6 nitrogen and oxygen atoms in total. The van der Waals surface area contributed by atoms with Crippen molar-refractivity contribution in [2.75, 3.05) is 17.3 Å². The Labute approximate surface area is 179 Å². The Morgan fingerprint density at radius 3 is 2.69 bits per heavy atom. The van der Waals surface area contributed by atoms with Crippen LogP contribution in [0, 0.1) is 11.8 Å². The number of fused-ring (bicyclic) bond motifs is 4. The topological polar surface area (TPSA) is 78.5 Å². The second-order valence-electron chi connectivity index (χ2n) is 8.47. The van der Waals surface area contributed by atoms with Crippen molar-refractivity contribution in [2.24, 2.45) is 11.8 Å². The van der Waals surface area contributed by atoms with Crippen LogP contribution in [0.15, 0.2) is 18.2 Å². The van der Waals surface area contributed by atoms with Gasteiger partial charge in [-0.1, -0.05) is 24.4 Å². The smallest absolute Gasteiger partial charge is 0.250 e. The molecular weight excluding hydrogens is 410 g/mol. The van der Waals surface area contributed by atoms with Crippen LogP contribution < -0.4 is 10.6 Å². The number of likely N-dealkylation sites (tertiary alicyclic amines) is 1. The highest BCUT2D eigenvalue weighted by molar-refractivity contribution is 7.98. The largest absolute Gasteiger partial charge is 0.324 e. The van der Waals surface area contributed by atoms with Crippen LogP contribution >= 0.6 is 23.4 Å². The summed E-state index contributed by atoms with van der Waals surface area (Å²) in [6, 6.07) is 5.01. The highest BCUT2D eigenvalue weighted by atomic mass is 35.5. The number of amides is 3. The first-order valence-corrected chi connectivity index (χ1v) is 12.0. The number of carbonyl (C=O) groups excluding carboxylic acids is 3. The molecule has 3 aliphatic heterocycles. The van der Waals surface area contributed by atoms with Crippen LogP contribution in [0.3, 0.4) is 0 Å². The molecule has 0 radical (unpaired) electrons. The summed E-state index contributed by atoms with van der Waals surface area (Å²) in [6.45, 7) is 0. The van der Waals surface area contributed by atoms with Crippen LogP contribution in [-0.4, -0.2) is 46.7 Å². The predicted octanol–water partition coefficient (Wildman–Crippen LogP) is 2.76. The SMILES string of the molecule is CSCC[C@@H]1N[C@]2(C(=O)Nc3ccc(Cl)cc32)[C@@H]2C(=O)N(C3CCCC3)C(=O)[C@H]12. The van der Waals surface area contributed by atoms with Crippen molar-refractivity contribution in [3.8, 4) is 0 Å². The zero-order chi connectivity index (χ0) is 20.3. The lowest BCUT2D eigenvalue weighted by Crippen LogP contribution is -2.54. The van der Waals surface area contributed by atoms with Crippen LogP contribution in [-0.2, 0) is 19.9 Å². The molecule has 0 bridgehead atoms. The zero-order valence-electron chi connectivity index (χ0n) is 16.2. The number of carbonyl (C=O) groups is 3. The Morgan fingerprint density at radius 2 is 1.97 bits per heavy atom. The number of halogens is 1. The van der Waals surface area contributed by atoms with E-state index in [0.717, 1.165) is 37.9 Å². The zero-order valence-corrected chi connectivity index (χ0v) is 17.8. The summed E-state index contributed by atoms with van der Waals surface area (Å²) in [6.07, 6.45) is 6.55. The standard InChI is InChI=1S/C21H24ClN3O3S/c1-29-9-8-15-16-17(19(27)25(18(16)26)12-4-2-3-5-12)21(24-15)13-10-11(22)6-7-14(13)23-20(21)28/h6-7,10,12,15-17,24H,2-5,8-9H2,1H3,(H,23,28)/t15-,16+,17-,21-/m0/s1. The van der Waals surface area contributed by atoms with Gasteiger partial charge in [-0.3, -0.25) is 24.6 Å². The number of nitrogens with zero attached hydrogens (tertiary/aromatic N) is 1. The summed E-state index contributed by atoms with van der Waals surface area (Å²) >= 11 is 7.96. The lowest BCUT2D eigenvalue weighted by molar-refractivity contribution is -0.145. The maximum Gasteiger partial charge on any atom is 0.250 e. The average Bonchev–Trinajstić information content (AvgIpc) is 3.43. The van der Waals surface area contributed by atoms with E-state index in [-0.39, 0.29) is 29.8 Å². The van der Waals surface area contributed by atoms with Gasteiger partial charge in [-0.15, -0.1) is 0 Å². The van der Waals surface area contributed by atoms with E-state index in [1.54, 1.807) is 30.0 Å². The predicted molar refractivity (Wildman–Crippen MR) is 113 cm³/mol. The number of benzene rings is 1. The molecule has 154 valence electrons. The molecule has 3 heterocycles. The molecule has 29 heavy (non-hydrogen) atoms. The first-order valence-electron chi connectivity index (χ1n) is 10.2. The summed E-state index contributed by atoms with van der Waals surface area (Å²) in [5.41, 5.74) is 0.121. The molecule has 4 atom stereocenters. The quantitative estimate of drug-likeness (QED) is 0.714. The molecule has 2 saturated heterocycles. The normalized spacial score (nSPS) is 33.7. The van der Waals surface area contributed by atoms with E-state index in [2.05, 4.69) is 10.6 Å². The molecule has 1 spiro atoms. The van der Waals surface area contributed by atoms with Crippen molar-refractivity contribution in [2.45, 2.75) is 49.7 Å². The number of imide groups is 1. The Balaban J connectivity index is 1.63. The van der Waals surface area contributed by atoms with Gasteiger partial charge in [-0.2, -0.15) is 11.8 Å². The molecule has 3 amide bonds. The third kappa shape index (κ3) is 2.63. The highest BCUT2D eigenvalue weighted by Gasteiger charge is 2.70. The van der Waals surface area contributed by atoms with Gasteiger partial charge in [0, 0.05) is 28.4 Å². The van der Waals surface area contributed by atoms with Gasteiger partial charge in [0.25, 0.3) is 0 Å². The minimum Gasteiger partial charge on any atom is -0.324 e. The molecule has 1 aromatic rings. The van der Waals surface area contributed by atoms with Gasteiger partial charge in [0.15, 0.2) is 0 Å². The van der Waals surface area contributed by atoms with E-state index in [1.807, 2.05) is 6.26 Å². The summed E-state index contributed by atoms with van der Waals surface area (Å²) in [7, 11) is 0. The number of rotatable bonds is 4. The monoisotopic (exact) mass is 433 g/mol. The first kappa shape index (κ1) is 19.4. The molecule has 3 fully saturated rings. The third-order valence-electron chi connectivity index (χ3n) is 7.03. The second kappa shape index (κ2) is 7.00. The van der Waals surface area contributed by atoms with Crippen molar-refractivity contribution in [1.29, 1.82) is 0 Å². The lowest BCUT2D eigenvalue weighted by atomic mass is 9.76. The van der Waals surface area contributed by atoms with Crippen molar-refractivity contribution >= 4 is 46.8 Å². The fraction of sp³-hybridized carbons (Fsp3) is 0.571. The maximum absolute atomic E-state index is 13.7. The van der Waals surface area contributed by atoms with E-state index in [1.165, 1.54) is 4.90 Å². The van der Waals surface area contributed by atoms with Crippen LogP contribution in [0.2, 0.25) is 5.02 Å². The van der Waals surface area contributed by atoms with Crippen molar-refractivity contribution in [1.82, 2.24) is 10.2 Å². The second-order valence-corrected chi connectivity index (χ2v) is 9.89. The first-order chi connectivity index (χ1) is 14.0. The van der Waals surface area contributed by atoms with E-state index >= 15 is 0 Å². The Hall–Kier alpha value is -1.57. The van der Waals surface area contributed by atoms with Gasteiger partial charge in [-0.25, -0.2) is 0 Å². The van der Waals surface area contributed by atoms with E-state index in [4.69, 9.17) is 11.6 Å². The average molecular weight is 434 g/mol. The van der Waals surface area contributed by atoms with Gasteiger partial charge < -0.3 is 5.32 Å². The summed E-state index contributed by atoms with van der Waals surface area (Å²) in [5, 5.41) is 6.88. The molecule has 0 aromatic heterocycles. The lowest BCUT2D eigenvalue weighted by Gasteiger charge is -2.31. The molecule has 1 aromatic carbocycles. The van der Waals surface area contributed by atoms with Crippen molar-refractivity contribution < 1.29 is 14.4 Å². The number of hydrogen-bond donors (Lipinski definition) is 2. The molecule has 0 unspecified atom stereocenters. The van der Waals surface area contributed by atoms with Gasteiger partial charge in [0.2, 0.25) is 17.7 Å². The van der Waals surface area contributed by atoms with Crippen molar-refractivity contribution in [3.63, 3.8) is 0 Å². The van der Waals surface area contributed by atoms with Crippen molar-refractivity contribution in [3.05, 3.63) is 28.8 Å². The molecular formula is C21H24ClN3O3S. The molecule has 8 heteroatoms. The van der Waals surface area contributed by atoms with Gasteiger partial charge >= 0.3 is 0 Å². The molecule has 5 rings (SSSR count). The van der Waals surface area contributed by atoms with Crippen LogP contribution in [0.25, 0.3) is 0 Å². The molecule has 1 saturated carbocycles. The molecule has 1 aliphatic carbocycles. The number of hydrogen-bond acceptors (Lipinski definition) is 5. The number of anilines is 1. The van der Waals surface area contributed by atoms with Crippen LogP contribution in [0.1, 0.15) is 37.7 Å². The summed E-state index contributed by atoms with van der Waals surface area (Å²) in [4.78, 5) is 41.9. The highest BCUT2D eigenvalue weighted by Crippen LogP contribution is 2.54. The summed E-state index contributed by atoms with van der Waals surface area (Å²) in [5.74, 6) is -0.940. The van der Waals surface area contributed by atoms with Crippen LogP contribution in [0.4, 0.5) is 5.69 Å². The number of thioether (sulfide) groups is 1.